The molecule has 7 rings (SSSR count). The standard InChI is InChI=1S/C31H27N/c1-31-17-7-12-29(31)28-20-22(14-16-30(28)32(31)25-9-3-2-4-10-25)21-13-15-27-24(18-21)19-23-8-5-6-11-26(23)27/h2-6,8-11,13-16,18,20,29H,7,12,17,19H2,1H3. The van der Waals surface area contributed by atoms with Gasteiger partial charge in [0.1, 0.15) is 0 Å². The Morgan fingerprint density at radius 2 is 1.50 bits per heavy atom. The Balaban J connectivity index is 1.33. The molecule has 0 amide bonds. The molecule has 1 aliphatic heterocycles. The largest absolute Gasteiger partial charge is 0.335 e. The second-order valence-electron chi connectivity index (χ2n) is 9.95. The van der Waals surface area contributed by atoms with Gasteiger partial charge in [-0.05, 0) is 89.4 Å². The number of hydrogen-bond donors (Lipinski definition) is 0. The molecule has 1 heterocycles. The van der Waals surface area contributed by atoms with Crippen LogP contribution in [-0.4, -0.2) is 5.54 Å². The Morgan fingerprint density at radius 3 is 2.41 bits per heavy atom. The fourth-order valence-electron chi connectivity index (χ4n) is 6.74. The van der Waals surface area contributed by atoms with Crippen molar-refractivity contribution in [2.45, 2.75) is 44.1 Å². The zero-order chi connectivity index (χ0) is 21.3. The summed E-state index contributed by atoms with van der Waals surface area (Å²) >= 11 is 0. The monoisotopic (exact) mass is 413 g/mol. The van der Waals surface area contributed by atoms with E-state index in [0.717, 1.165) is 6.42 Å². The summed E-state index contributed by atoms with van der Waals surface area (Å²) in [7, 11) is 0. The van der Waals surface area contributed by atoms with E-state index in [1.54, 1.807) is 0 Å². The number of benzene rings is 4. The van der Waals surface area contributed by atoms with E-state index >= 15 is 0 Å². The lowest BCUT2D eigenvalue weighted by atomic mass is 9.86. The minimum Gasteiger partial charge on any atom is -0.335 e. The van der Waals surface area contributed by atoms with Gasteiger partial charge in [0.05, 0.1) is 0 Å². The Morgan fingerprint density at radius 1 is 0.750 bits per heavy atom. The van der Waals surface area contributed by atoms with Crippen molar-refractivity contribution in [3.05, 3.63) is 108 Å². The quantitative estimate of drug-likeness (QED) is 0.282. The zero-order valence-corrected chi connectivity index (χ0v) is 18.5. The van der Waals surface area contributed by atoms with Gasteiger partial charge in [-0.15, -0.1) is 0 Å². The van der Waals surface area contributed by atoms with Gasteiger partial charge in [0.15, 0.2) is 0 Å². The minimum atomic E-state index is 0.182. The van der Waals surface area contributed by atoms with Crippen LogP contribution in [0.25, 0.3) is 22.3 Å². The third-order valence-corrected chi connectivity index (χ3v) is 8.22. The number of para-hydroxylation sites is 1. The molecule has 0 aromatic heterocycles. The summed E-state index contributed by atoms with van der Waals surface area (Å²) in [5.74, 6) is 0.608. The molecule has 1 saturated carbocycles. The normalized spacial score (nSPS) is 22.4. The lowest BCUT2D eigenvalue weighted by Crippen LogP contribution is -2.40. The molecule has 156 valence electrons. The molecule has 0 radical (unpaired) electrons. The first kappa shape index (κ1) is 18.3. The van der Waals surface area contributed by atoms with Crippen molar-refractivity contribution >= 4 is 11.4 Å². The highest BCUT2D eigenvalue weighted by molar-refractivity contribution is 5.82. The van der Waals surface area contributed by atoms with E-state index in [0.29, 0.717) is 5.92 Å². The third-order valence-electron chi connectivity index (χ3n) is 8.22. The molecule has 1 nitrogen and oxygen atoms in total. The zero-order valence-electron chi connectivity index (χ0n) is 18.5. The molecular formula is C31H27N. The number of rotatable bonds is 2. The molecule has 2 aliphatic carbocycles. The number of anilines is 2. The first-order chi connectivity index (χ1) is 15.7. The summed E-state index contributed by atoms with van der Waals surface area (Å²) in [6.45, 7) is 2.48. The van der Waals surface area contributed by atoms with Gasteiger partial charge in [-0.2, -0.15) is 0 Å². The van der Waals surface area contributed by atoms with E-state index in [-0.39, 0.29) is 5.54 Å². The van der Waals surface area contributed by atoms with E-state index in [2.05, 4.69) is 103 Å². The van der Waals surface area contributed by atoms with Gasteiger partial charge >= 0.3 is 0 Å². The predicted octanol–water partition coefficient (Wildman–Crippen LogP) is 8.10. The van der Waals surface area contributed by atoms with Gasteiger partial charge < -0.3 is 4.90 Å². The van der Waals surface area contributed by atoms with Crippen LogP contribution in [0.4, 0.5) is 11.4 Å². The highest BCUT2D eigenvalue weighted by atomic mass is 15.2. The number of fused-ring (bicyclic) bond motifs is 6. The molecule has 3 aliphatic rings. The fraction of sp³-hybridized carbons (Fsp3) is 0.226. The molecule has 0 bridgehead atoms. The van der Waals surface area contributed by atoms with Gasteiger partial charge in [0.2, 0.25) is 0 Å². The van der Waals surface area contributed by atoms with E-state index in [9.17, 15) is 0 Å². The van der Waals surface area contributed by atoms with Crippen LogP contribution < -0.4 is 4.90 Å². The van der Waals surface area contributed by atoms with E-state index in [4.69, 9.17) is 0 Å². The molecule has 1 fully saturated rings. The lowest BCUT2D eigenvalue weighted by Gasteiger charge is -2.37. The maximum Gasteiger partial charge on any atom is 0.0492 e. The Kier molecular flexibility index (Phi) is 3.76. The summed E-state index contributed by atoms with van der Waals surface area (Å²) < 4.78 is 0. The summed E-state index contributed by atoms with van der Waals surface area (Å²) in [5.41, 5.74) is 12.9. The first-order valence-corrected chi connectivity index (χ1v) is 11.9. The molecule has 1 heteroatoms. The van der Waals surface area contributed by atoms with Crippen molar-refractivity contribution in [3.63, 3.8) is 0 Å². The van der Waals surface area contributed by atoms with Crippen LogP contribution in [0.15, 0.2) is 91.0 Å². The average Bonchev–Trinajstić information content (AvgIpc) is 3.46. The molecule has 2 atom stereocenters. The molecule has 2 unspecified atom stereocenters. The molecule has 0 N–H and O–H groups in total. The van der Waals surface area contributed by atoms with Crippen molar-refractivity contribution in [1.82, 2.24) is 0 Å². The van der Waals surface area contributed by atoms with Gasteiger partial charge in [-0.3, -0.25) is 0 Å². The van der Waals surface area contributed by atoms with Crippen molar-refractivity contribution in [3.8, 4) is 22.3 Å². The summed E-state index contributed by atoms with van der Waals surface area (Å²) in [4.78, 5) is 2.63. The SMILES string of the molecule is CC12CCCC1c1cc(-c3ccc4c(c3)Cc3ccccc3-4)ccc1N2c1ccccc1. The first-order valence-electron chi connectivity index (χ1n) is 11.9. The van der Waals surface area contributed by atoms with Gasteiger partial charge in [-0.1, -0.05) is 73.2 Å². The smallest absolute Gasteiger partial charge is 0.0492 e. The lowest BCUT2D eigenvalue weighted by molar-refractivity contribution is 0.451. The Hall–Kier alpha value is -3.32. The van der Waals surface area contributed by atoms with Crippen LogP contribution >= 0.6 is 0 Å². The average molecular weight is 414 g/mol. The molecule has 0 saturated heterocycles. The maximum absolute atomic E-state index is 2.63. The van der Waals surface area contributed by atoms with Crippen LogP contribution in [0.5, 0.6) is 0 Å². The van der Waals surface area contributed by atoms with Crippen LogP contribution in [0.2, 0.25) is 0 Å². The van der Waals surface area contributed by atoms with Gasteiger partial charge in [-0.25, -0.2) is 0 Å². The van der Waals surface area contributed by atoms with Crippen molar-refractivity contribution < 1.29 is 0 Å². The Labute approximate surface area is 190 Å². The van der Waals surface area contributed by atoms with Crippen molar-refractivity contribution in [1.29, 1.82) is 0 Å². The van der Waals surface area contributed by atoms with Crippen LogP contribution in [0, 0.1) is 0 Å². The predicted molar refractivity (Wildman–Crippen MR) is 134 cm³/mol. The van der Waals surface area contributed by atoms with Gasteiger partial charge in [0, 0.05) is 22.8 Å². The fourth-order valence-corrected chi connectivity index (χ4v) is 6.74. The van der Waals surface area contributed by atoms with E-state index < -0.39 is 0 Å². The van der Waals surface area contributed by atoms with Crippen molar-refractivity contribution in [2.24, 2.45) is 0 Å². The van der Waals surface area contributed by atoms with Crippen LogP contribution in [-0.2, 0) is 6.42 Å². The molecule has 4 aromatic rings. The summed E-state index contributed by atoms with van der Waals surface area (Å²) in [6, 6.07) is 34.1. The highest BCUT2D eigenvalue weighted by Gasteiger charge is 2.51. The van der Waals surface area contributed by atoms with E-state index in [1.165, 1.54) is 69.6 Å². The van der Waals surface area contributed by atoms with Crippen molar-refractivity contribution in [2.75, 3.05) is 4.90 Å². The highest BCUT2D eigenvalue weighted by Crippen LogP contribution is 2.59. The van der Waals surface area contributed by atoms with E-state index in [1.807, 2.05) is 0 Å². The molecule has 4 aromatic carbocycles. The molecule has 32 heavy (non-hydrogen) atoms. The topological polar surface area (TPSA) is 3.24 Å². The maximum atomic E-state index is 2.63. The Bertz CT molecular complexity index is 1350. The second kappa shape index (κ2) is 6.59. The van der Waals surface area contributed by atoms with Gasteiger partial charge in [0.25, 0.3) is 0 Å². The minimum absolute atomic E-state index is 0.182. The third kappa shape index (κ3) is 2.45. The second-order valence-corrected chi connectivity index (χ2v) is 9.95. The molecule has 0 spiro atoms. The summed E-state index contributed by atoms with van der Waals surface area (Å²) in [5, 5.41) is 0. The number of nitrogens with zero attached hydrogens (tertiary/aromatic N) is 1. The summed E-state index contributed by atoms with van der Waals surface area (Å²) in [6.07, 6.45) is 4.90. The molecular weight excluding hydrogens is 386 g/mol. The number of hydrogen-bond acceptors (Lipinski definition) is 1. The van der Waals surface area contributed by atoms with Crippen LogP contribution in [0.3, 0.4) is 0 Å². The van der Waals surface area contributed by atoms with Crippen LogP contribution in [0.1, 0.15) is 48.8 Å².